The summed E-state index contributed by atoms with van der Waals surface area (Å²) in [4.78, 5) is 0. The van der Waals surface area contributed by atoms with Gasteiger partial charge in [0.05, 0.1) is 6.61 Å². The van der Waals surface area contributed by atoms with Crippen molar-refractivity contribution in [2.24, 2.45) is 0 Å². The van der Waals surface area contributed by atoms with Crippen LogP contribution >= 0.6 is 0 Å². The Balaban J connectivity index is 2.35. The summed E-state index contributed by atoms with van der Waals surface area (Å²) in [5.74, 6) is 0. The lowest BCUT2D eigenvalue weighted by Gasteiger charge is -2.43. The quantitative estimate of drug-likeness (QED) is 0.735. The van der Waals surface area contributed by atoms with Crippen LogP contribution in [0.5, 0.6) is 0 Å². The van der Waals surface area contributed by atoms with Gasteiger partial charge in [-0.2, -0.15) is 13.2 Å². The molecule has 1 heterocycles. The molecule has 0 amide bonds. The van der Waals surface area contributed by atoms with Gasteiger partial charge in [-0.05, 0) is 16.5 Å². The number of hydrogen-bond acceptors (Lipinski definition) is 1. The molecule has 1 aromatic rings. The maximum Gasteiger partial charge on any atom is 0.421 e. The highest BCUT2D eigenvalue weighted by Gasteiger charge is 2.61. The predicted octanol–water partition coefficient (Wildman–Crippen LogP) is 4.16. The molecule has 1 saturated heterocycles. The summed E-state index contributed by atoms with van der Waals surface area (Å²) in [5.41, 5.74) is -0.925. The van der Waals surface area contributed by atoms with E-state index in [4.69, 9.17) is 4.74 Å². The number of rotatable bonds is 1. The zero-order chi connectivity index (χ0) is 13.6. The number of halogens is 3. The molecule has 4 heteroatoms. The molecule has 1 unspecified atom stereocenters. The Bertz CT molecular complexity index is 422. The molecule has 1 fully saturated rings. The Labute approximate surface area is 105 Å². The van der Waals surface area contributed by atoms with E-state index in [-0.39, 0.29) is 24.0 Å². The number of ether oxygens (including phenoxy) is 1. The highest BCUT2D eigenvalue weighted by molar-refractivity contribution is 5.33. The van der Waals surface area contributed by atoms with Crippen molar-refractivity contribution >= 4 is 0 Å². The molecular weight excluding hydrogens is 241 g/mol. The van der Waals surface area contributed by atoms with Crippen molar-refractivity contribution in [1.82, 2.24) is 0 Å². The van der Waals surface area contributed by atoms with Crippen molar-refractivity contribution in [3.63, 3.8) is 0 Å². The molecule has 2 rings (SSSR count). The van der Waals surface area contributed by atoms with Crippen LogP contribution in [0.15, 0.2) is 24.3 Å². The third-order valence-electron chi connectivity index (χ3n) is 3.48. The van der Waals surface area contributed by atoms with Crippen molar-refractivity contribution in [3.05, 3.63) is 35.4 Å². The summed E-state index contributed by atoms with van der Waals surface area (Å²) in [5, 5.41) is 0. The van der Waals surface area contributed by atoms with Crippen LogP contribution < -0.4 is 0 Å². The van der Waals surface area contributed by atoms with Crippen LogP contribution in [-0.2, 0) is 15.8 Å². The van der Waals surface area contributed by atoms with Crippen molar-refractivity contribution in [1.29, 1.82) is 0 Å². The first-order valence-corrected chi connectivity index (χ1v) is 5.98. The highest BCUT2D eigenvalue weighted by Crippen LogP contribution is 2.50. The summed E-state index contributed by atoms with van der Waals surface area (Å²) in [6.07, 6.45) is -4.35. The first-order chi connectivity index (χ1) is 8.17. The van der Waals surface area contributed by atoms with Gasteiger partial charge < -0.3 is 4.74 Å². The van der Waals surface area contributed by atoms with Crippen LogP contribution in [-0.4, -0.2) is 12.8 Å². The Morgan fingerprint density at radius 2 is 1.56 bits per heavy atom. The lowest BCUT2D eigenvalue weighted by Crippen LogP contribution is -2.52. The van der Waals surface area contributed by atoms with Crippen LogP contribution in [0, 0.1) is 0 Å². The van der Waals surface area contributed by atoms with Gasteiger partial charge in [-0.25, -0.2) is 0 Å². The van der Waals surface area contributed by atoms with E-state index >= 15 is 0 Å². The molecule has 18 heavy (non-hydrogen) atoms. The Kier molecular flexibility index (Phi) is 2.97. The average Bonchev–Trinajstić information content (AvgIpc) is 2.12. The zero-order valence-corrected chi connectivity index (χ0v) is 10.8. The molecule has 1 aliphatic heterocycles. The normalized spacial score (nSPS) is 24.8. The first kappa shape index (κ1) is 13.4. The van der Waals surface area contributed by atoms with E-state index in [1.165, 1.54) is 12.1 Å². The Morgan fingerprint density at radius 3 is 1.83 bits per heavy atom. The molecular formula is C14H17F3O. The standard InChI is InChI=1S/C14H17F3O/c1-12(2,3)10-4-6-11(7-5-10)13(8-9-18-13)14(15,16)17/h4-7H,8-9H2,1-3H3. The summed E-state index contributed by atoms with van der Waals surface area (Å²) in [7, 11) is 0. The summed E-state index contributed by atoms with van der Waals surface area (Å²) < 4.78 is 44.0. The van der Waals surface area contributed by atoms with Crippen LogP contribution in [0.4, 0.5) is 13.2 Å². The average molecular weight is 258 g/mol. The van der Waals surface area contributed by atoms with Gasteiger partial charge in [0.25, 0.3) is 0 Å². The second-order valence-electron chi connectivity index (χ2n) is 5.75. The maximum absolute atomic E-state index is 13.1. The number of alkyl halides is 3. The molecule has 100 valence electrons. The topological polar surface area (TPSA) is 9.23 Å². The lowest BCUT2D eigenvalue weighted by molar-refractivity contribution is -0.333. The summed E-state index contributed by atoms with van der Waals surface area (Å²) >= 11 is 0. The van der Waals surface area contributed by atoms with E-state index in [9.17, 15) is 13.2 Å². The van der Waals surface area contributed by atoms with Gasteiger partial charge in [-0.15, -0.1) is 0 Å². The predicted molar refractivity (Wildman–Crippen MR) is 63.4 cm³/mol. The fourth-order valence-electron chi connectivity index (χ4n) is 2.16. The molecule has 0 spiro atoms. The number of benzene rings is 1. The van der Waals surface area contributed by atoms with Crippen molar-refractivity contribution in [2.75, 3.05) is 6.61 Å². The van der Waals surface area contributed by atoms with E-state index in [0.29, 0.717) is 0 Å². The number of hydrogen-bond donors (Lipinski definition) is 0. The molecule has 0 saturated carbocycles. The monoisotopic (exact) mass is 258 g/mol. The van der Waals surface area contributed by atoms with Gasteiger partial charge in [0, 0.05) is 6.42 Å². The Hall–Kier alpha value is -1.03. The van der Waals surface area contributed by atoms with Crippen LogP contribution in [0.3, 0.4) is 0 Å². The summed E-state index contributed by atoms with van der Waals surface area (Å²) in [6.45, 7) is 6.25. The van der Waals surface area contributed by atoms with Gasteiger partial charge in [0.1, 0.15) is 0 Å². The van der Waals surface area contributed by atoms with Crippen molar-refractivity contribution in [3.8, 4) is 0 Å². The molecule has 1 atom stereocenters. The zero-order valence-electron chi connectivity index (χ0n) is 10.8. The lowest BCUT2D eigenvalue weighted by atomic mass is 9.82. The van der Waals surface area contributed by atoms with Gasteiger partial charge in [-0.3, -0.25) is 0 Å². The minimum Gasteiger partial charge on any atom is -0.361 e. The molecule has 0 bridgehead atoms. The van der Waals surface area contributed by atoms with Crippen molar-refractivity contribution < 1.29 is 17.9 Å². The van der Waals surface area contributed by atoms with Crippen LogP contribution in [0.2, 0.25) is 0 Å². The molecule has 0 radical (unpaired) electrons. The van der Waals surface area contributed by atoms with Crippen LogP contribution in [0.25, 0.3) is 0 Å². The van der Waals surface area contributed by atoms with E-state index in [1.807, 2.05) is 20.8 Å². The van der Waals surface area contributed by atoms with E-state index in [0.717, 1.165) is 5.56 Å². The van der Waals surface area contributed by atoms with E-state index in [1.54, 1.807) is 12.1 Å². The summed E-state index contributed by atoms with van der Waals surface area (Å²) in [6, 6.07) is 6.58. The Morgan fingerprint density at radius 1 is 1.06 bits per heavy atom. The fourth-order valence-corrected chi connectivity index (χ4v) is 2.16. The van der Waals surface area contributed by atoms with Crippen LogP contribution in [0.1, 0.15) is 38.3 Å². The second-order valence-corrected chi connectivity index (χ2v) is 5.75. The minimum absolute atomic E-state index is 0.00532. The first-order valence-electron chi connectivity index (χ1n) is 5.98. The van der Waals surface area contributed by atoms with Gasteiger partial charge in [-0.1, -0.05) is 45.0 Å². The van der Waals surface area contributed by atoms with E-state index in [2.05, 4.69) is 0 Å². The maximum atomic E-state index is 13.1. The molecule has 1 nitrogen and oxygen atoms in total. The van der Waals surface area contributed by atoms with Crippen molar-refractivity contribution in [2.45, 2.75) is 44.4 Å². The van der Waals surface area contributed by atoms with E-state index < -0.39 is 11.8 Å². The largest absolute Gasteiger partial charge is 0.421 e. The molecule has 0 aromatic heterocycles. The van der Waals surface area contributed by atoms with Gasteiger partial charge in [0.2, 0.25) is 0 Å². The minimum atomic E-state index is -4.35. The molecule has 0 N–H and O–H groups in total. The third-order valence-corrected chi connectivity index (χ3v) is 3.48. The SMILES string of the molecule is CC(C)(C)c1ccc(C2(C(F)(F)F)CCO2)cc1. The van der Waals surface area contributed by atoms with Gasteiger partial charge >= 0.3 is 6.18 Å². The highest BCUT2D eigenvalue weighted by atomic mass is 19.4. The fraction of sp³-hybridized carbons (Fsp3) is 0.571. The smallest absolute Gasteiger partial charge is 0.361 e. The van der Waals surface area contributed by atoms with Gasteiger partial charge in [0.15, 0.2) is 5.60 Å². The second kappa shape index (κ2) is 3.98. The third kappa shape index (κ3) is 2.03. The molecule has 1 aliphatic rings. The molecule has 1 aromatic carbocycles. The molecule has 0 aliphatic carbocycles.